The van der Waals surface area contributed by atoms with Crippen LogP contribution in [0.4, 0.5) is 0 Å². The van der Waals surface area contributed by atoms with Crippen LogP contribution in [0.5, 0.6) is 0 Å². The minimum atomic E-state index is 0.323. The summed E-state index contributed by atoms with van der Waals surface area (Å²) in [6.07, 6.45) is 2.58. The zero-order valence-electron chi connectivity index (χ0n) is 11.6. The number of likely N-dealkylation sites (tertiary alicyclic amines) is 1. The lowest BCUT2D eigenvalue weighted by Gasteiger charge is -2.42. The number of nitrogens with zero attached hydrogens (tertiary/aromatic N) is 1. The molecule has 4 heteroatoms. The van der Waals surface area contributed by atoms with E-state index in [1.54, 1.807) is 0 Å². The number of nitrogens with two attached hydrogens (primary N) is 1. The van der Waals surface area contributed by atoms with Crippen molar-refractivity contribution in [2.24, 2.45) is 11.1 Å². The zero-order chi connectivity index (χ0) is 14.0. The molecule has 1 unspecified atom stereocenters. The highest BCUT2D eigenvalue weighted by Crippen LogP contribution is 2.34. The first-order valence-electron chi connectivity index (χ1n) is 6.82. The molecule has 0 radical (unpaired) electrons. The summed E-state index contributed by atoms with van der Waals surface area (Å²) in [7, 11) is 0. The molecule has 0 bridgehead atoms. The summed E-state index contributed by atoms with van der Waals surface area (Å²) < 4.78 is 2.19. The Labute approximate surface area is 133 Å². The second-order valence-electron chi connectivity index (χ2n) is 6.16. The Morgan fingerprint density at radius 2 is 2.05 bits per heavy atom. The Morgan fingerprint density at radius 1 is 1.32 bits per heavy atom. The van der Waals surface area contributed by atoms with Gasteiger partial charge in [-0.1, -0.05) is 19.9 Å². The van der Waals surface area contributed by atoms with Crippen molar-refractivity contribution < 1.29 is 0 Å². The van der Waals surface area contributed by atoms with E-state index in [0.717, 1.165) is 22.0 Å². The highest BCUT2D eigenvalue weighted by molar-refractivity contribution is 9.13. The van der Waals surface area contributed by atoms with Crippen LogP contribution in [0.25, 0.3) is 0 Å². The third-order valence-corrected chi connectivity index (χ3v) is 5.80. The Balaban J connectivity index is 2.21. The second kappa shape index (κ2) is 6.25. The highest BCUT2D eigenvalue weighted by atomic mass is 79.9. The van der Waals surface area contributed by atoms with Crippen LogP contribution in [-0.2, 0) is 0 Å². The summed E-state index contributed by atoms with van der Waals surface area (Å²) in [5.74, 6) is 0. The van der Waals surface area contributed by atoms with E-state index in [9.17, 15) is 0 Å². The van der Waals surface area contributed by atoms with Crippen molar-refractivity contribution in [1.82, 2.24) is 4.90 Å². The normalized spacial score (nSPS) is 21.3. The Bertz CT molecular complexity index is 446. The van der Waals surface area contributed by atoms with Crippen LogP contribution in [0.15, 0.2) is 27.1 Å². The van der Waals surface area contributed by atoms with E-state index in [0.29, 0.717) is 18.0 Å². The zero-order valence-corrected chi connectivity index (χ0v) is 14.8. The second-order valence-corrected chi connectivity index (χ2v) is 7.87. The first kappa shape index (κ1) is 15.5. The van der Waals surface area contributed by atoms with Crippen LogP contribution in [0, 0.1) is 5.41 Å². The highest BCUT2D eigenvalue weighted by Gasteiger charge is 2.30. The minimum Gasteiger partial charge on any atom is -0.329 e. The first-order chi connectivity index (χ1) is 8.93. The molecule has 1 aliphatic heterocycles. The van der Waals surface area contributed by atoms with Crippen LogP contribution in [0.1, 0.15) is 38.3 Å². The number of benzene rings is 1. The van der Waals surface area contributed by atoms with Gasteiger partial charge in [0.15, 0.2) is 0 Å². The summed E-state index contributed by atoms with van der Waals surface area (Å²) in [5.41, 5.74) is 7.75. The van der Waals surface area contributed by atoms with Crippen LogP contribution in [0.2, 0.25) is 0 Å². The molecule has 2 rings (SSSR count). The fraction of sp³-hybridized carbons (Fsp3) is 0.600. The molecule has 2 N–H and O–H groups in total. The van der Waals surface area contributed by atoms with Gasteiger partial charge in [0, 0.05) is 28.1 Å². The fourth-order valence-corrected chi connectivity index (χ4v) is 3.59. The van der Waals surface area contributed by atoms with Gasteiger partial charge in [-0.15, -0.1) is 0 Å². The fourth-order valence-electron chi connectivity index (χ4n) is 2.95. The predicted octanol–water partition coefficient (Wildman–Crippen LogP) is 4.33. The van der Waals surface area contributed by atoms with Gasteiger partial charge >= 0.3 is 0 Å². The van der Waals surface area contributed by atoms with Crippen LogP contribution >= 0.6 is 31.9 Å². The molecule has 1 aromatic carbocycles. The van der Waals surface area contributed by atoms with E-state index in [1.807, 2.05) is 0 Å². The Kier molecular flexibility index (Phi) is 5.09. The van der Waals surface area contributed by atoms with Gasteiger partial charge in [-0.25, -0.2) is 0 Å². The molecule has 2 nitrogen and oxygen atoms in total. The van der Waals surface area contributed by atoms with Gasteiger partial charge in [0.2, 0.25) is 0 Å². The van der Waals surface area contributed by atoms with Crippen molar-refractivity contribution in [2.45, 2.75) is 32.7 Å². The average molecular weight is 390 g/mol. The molecule has 0 aliphatic carbocycles. The lowest BCUT2D eigenvalue weighted by atomic mass is 9.83. The van der Waals surface area contributed by atoms with Crippen molar-refractivity contribution >= 4 is 31.9 Å². The SMILES string of the molecule is CC1(C)CCCN(C(CN)c2ccc(Br)c(Br)c2)C1. The molecule has 1 aromatic rings. The summed E-state index contributed by atoms with van der Waals surface area (Å²) in [4.78, 5) is 2.54. The van der Waals surface area contributed by atoms with E-state index < -0.39 is 0 Å². The van der Waals surface area contributed by atoms with Crippen LogP contribution in [-0.4, -0.2) is 24.5 Å². The third-order valence-electron chi connectivity index (χ3n) is 3.92. The van der Waals surface area contributed by atoms with Gasteiger partial charge in [0.25, 0.3) is 0 Å². The maximum atomic E-state index is 6.04. The molecule has 1 aliphatic rings. The van der Waals surface area contributed by atoms with E-state index in [-0.39, 0.29) is 0 Å². The smallest absolute Gasteiger partial charge is 0.0471 e. The topological polar surface area (TPSA) is 29.3 Å². The molecule has 19 heavy (non-hydrogen) atoms. The third kappa shape index (κ3) is 3.81. The first-order valence-corrected chi connectivity index (χ1v) is 8.40. The van der Waals surface area contributed by atoms with Gasteiger partial charge in [-0.2, -0.15) is 0 Å². The molecule has 1 atom stereocenters. The van der Waals surface area contributed by atoms with Crippen molar-refractivity contribution in [3.8, 4) is 0 Å². The van der Waals surface area contributed by atoms with Gasteiger partial charge in [-0.05, 0) is 74.4 Å². The number of hydrogen-bond acceptors (Lipinski definition) is 2. The van der Waals surface area contributed by atoms with Crippen molar-refractivity contribution in [3.05, 3.63) is 32.7 Å². The number of rotatable bonds is 3. The minimum absolute atomic E-state index is 0.323. The maximum Gasteiger partial charge on any atom is 0.0471 e. The van der Waals surface area contributed by atoms with Gasteiger partial charge in [0.05, 0.1) is 0 Å². The van der Waals surface area contributed by atoms with Crippen molar-refractivity contribution in [3.63, 3.8) is 0 Å². The van der Waals surface area contributed by atoms with Crippen molar-refractivity contribution in [1.29, 1.82) is 0 Å². The molecule has 0 saturated carbocycles. The van der Waals surface area contributed by atoms with E-state index in [1.165, 1.54) is 18.4 Å². The quantitative estimate of drug-likeness (QED) is 0.833. The summed E-state index contributed by atoms with van der Waals surface area (Å²) >= 11 is 7.11. The molecule has 0 spiro atoms. The molecule has 1 fully saturated rings. The molecule has 1 heterocycles. The lowest BCUT2D eigenvalue weighted by molar-refractivity contribution is 0.0806. The summed E-state index contributed by atoms with van der Waals surface area (Å²) in [5, 5.41) is 0. The van der Waals surface area contributed by atoms with E-state index in [4.69, 9.17) is 5.73 Å². The van der Waals surface area contributed by atoms with E-state index >= 15 is 0 Å². The number of halogens is 2. The van der Waals surface area contributed by atoms with Gasteiger partial charge < -0.3 is 5.73 Å². The lowest BCUT2D eigenvalue weighted by Crippen LogP contribution is -2.44. The standard InChI is InChI=1S/C15H22Br2N2/c1-15(2)6-3-7-19(10-15)14(9-18)11-4-5-12(16)13(17)8-11/h4-5,8,14H,3,6-7,9-10,18H2,1-2H3. The number of piperidine rings is 1. The van der Waals surface area contributed by atoms with Gasteiger partial charge in [0.1, 0.15) is 0 Å². The molecular formula is C15H22Br2N2. The Hall–Kier alpha value is 0.1000. The van der Waals surface area contributed by atoms with Crippen molar-refractivity contribution in [2.75, 3.05) is 19.6 Å². The summed E-state index contributed by atoms with van der Waals surface area (Å²) in [6, 6.07) is 6.78. The predicted molar refractivity (Wildman–Crippen MR) is 88.2 cm³/mol. The monoisotopic (exact) mass is 388 g/mol. The molecular weight excluding hydrogens is 368 g/mol. The molecule has 1 saturated heterocycles. The molecule has 106 valence electrons. The number of hydrogen-bond donors (Lipinski definition) is 1. The van der Waals surface area contributed by atoms with Crippen LogP contribution in [0.3, 0.4) is 0 Å². The molecule has 0 amide bonds. The Morgan fingerprint density at radius 3 is 2.63 bits per heavy atom. The van der Waals surface area contributed by atoms with Crippen LogP contribution < -0.4 is 5.73 Å². The largest absolute Gasteiger partial charge is 0.329 e. The van der Waals surface area contributed by atoms with E-state index in [2.05, 4.69) is 68.8 Å². The average Bonchev–Trinajstić information content (AvgIpc) is 2.33. The van der Waals surface area contributed by atoms with Gasteiger partial charge in [-0.3, -0.25) is 4.90 Å². The molecule has 0 aromatic heterocycles. The maximum absolute atomic E-state index is 6.04. The summed E-state index contributed by atoms with van der Waals surface area (Å²) in [6.45, 7) is 7.65.